The van der Waals surface area contributed by atoms with Crippen LogP contribution in [-0.2, 0) is 16.0 Å². The smallest absolute Gasteiger partial charge is 0.311 e. The number of methoxy groups -OCH3 is 2. The molecule has 0 amide bonds. The number of rotatable bonds is 5. The maximum absolute atomic E-state index is 14.0. The van der Waals surface area contributed by atoms with Crippen LogP contribution in [0, 0.1) is 12.7 Å². The van der Waals surface area contributed by atoms with Gasteiger partial charge in [-0.25, -0.2) is 9.07 Å². The molecule has 10 heteroatoms. The van der Waals surface area contributed by atoms with Gasteiger partial charge in [0.25, 0.3) is 0 Å². The zero-order valence-corrected chi connectivity index (χ0v) is 18.1. The first-order valence-electron chi connectivity index (χ1n) is 10.1. The van der Waals surface area contributed by atoms with Gasteiger partial charge < -0.3 is 9.47 Å². The first kappa shape index (κ1) is 20.6. The number of aromatic nitrogens is 6. The summed E-state index contributed by atoms with van der Waals surface area (Å²) in [4.78, 5) is 12.0. The van der Waals surface area contributed by atoms with Crippen molar-refractivity contribution in [3.63, 3.8) is 0 Å². The fourth-order valence-corrected chi connectivity index (χ4v) is 3.80. The largest absolute Gasteiger partial charge is 0.497 e. The van der Waals surface area contributed by atoms with Crippen molar-refractivity contribution in [1.82, 2.24) is 29.6 Å². The van der Waals surface area contributed by atoms with Crippen molar-refractivity contribution in [2.45, 2.75) is 13.3 Å². The van der Waals surface area contributed by atoms with Gasteiger partial charge in [-0.2, -0.15) is 14.7 Å². The Morgan fingerprint density at radius 2 is 1.85 bits per heavy atom. The fourth-order valence-electron chi connectivity index (χ4n) is 3.80. The molecular weight excluding hydrogens is 427 g/mol. The molecule has 0 aliphatic rings. The van der Waals surface area contributed by atoms with E-state index in [0.29, 0.717) is 28.2 Å². The number of ether oxygens (including phenoxy) is 2. The number of aryl methyl sites for hydroxylation is 1. The Bertz CT molecular complexity index is 1510. The molecule has 9 nitrogen and oxygen atoms in total. The van der Waals surface area contributed by atoms with Gasteiger partial charge in [0.1, 0.15) is 17.3 Å². The van der Waals surface area contributed by atoms with Crippen LogP contribution >= 0.6 is 0 Å². The highest BCUT2D eigenvalue weighted by Gasteiger charge is 2.23. The molecule has 0 radical (unpaired) electrons. The Kier molecular flexibility index (Phi) is 4.97. The second-order valence-electron chi connectivity index (χ2n) is 7.39. The third kappa shape index (κ3) is 3.45. The van der Waals surface area contributed by atoms with Crippen LogP contribution in [0.2, 0.25) is 0 Å². The number of carbonyl (C=O) groups excluding carboxylic acids is 1. The number of hydrogen-bond acceptors (Lipinski definition) is 7. The molecule has 0 bridgehead atoms. The molecule has 0 atom stereocenters. The predicted molar refractivity (Wildman–Crippen MR) is 118 cm³/mol. The molecule has 0 saturated carbocycles. The van der Waals surface area contributed by atoms with Crippen LogP contribution in [0.5, 0.6) is 5.75 Å². The van der Waals surface area contributed by atoms with Gasteiger partial charge in [-0.3, -0.25) is 4.79 Å². The van der Waals surface area contributed by atoms with Crippen LogP contribution in [0.25, 0.3) is 33.6 Å². The van der Waals surface area contributed by atoms with Crippen molar-refractivity contribution in [1.29, 1.82) is 0 Å². The number of esters is 1. The molecular formula is C23H19FN6O3. The lowest BCUT2D eigenvalue weighted by molar-refractivity contribution is -0.139. The van der Waals surface area contributed by atoms with E-state index < -0.39 is 11.8 Å². The van der Waals surface area contributed by atoms with Gasteiger partial charge in [0.2, 0.25) is 0 Å². The number of fused-ring (bicyclic) bond motifs is 3. The van der Waals surface area contributed by atoms with Crippen molar-refractivity contribution in [3.8, 4) is 22.6 Å². The Balaban J connectivity index is 1.80. The highest BCUT2D eigenvalue weighted by molar-refractivity contribution is 5.87. The van der Waals surface area contributed by atoms with Crippen LogP contribution in [0.3, 0.4) is 0 Å². The van der Waals surface area contributed by atoms with Crippen LogP contribution < -0.4 is 4.74 Å². The van der Waals surface area contributed by atoms with E-state index in [-0.39, 0.29) is 6.42 Å². The normalized spacial score (nSPS) is 11.3. The maximum atomic E-state index is 14.0. The molecule has 33 heavy (non-hydrogen) atoms. The van der Waals surface area contributed by atoms with Crippen molar-refractivity contribution >= 4 is 22.8 Å². The van der Waals surface area contributed by atoms with E-state index in [4.69, 9.17) is 14.6 Å². The lowest BCUT2D eigenvalue weighted by Gasteiger charge is -2.05. The molecule has 0 aliphatic heterocycles. The van der Waals surface area contributed by atoms with Crippen molar-refractivity contribution < 1.29 is 18.7 Å². The molecule has 0 N–H and O–H groups in total. The van der Waals surface area contributed by atoms with Crippen LogP contribution in [0.15, 0.2) is 48.5 Å². The van der Waals surface area contributed by atoms with Crippen molar-refractivity contribution in [3.05, 3.63) is 65.7 Å². The SMILES string of the molecule is COC(=O)Cc1nn(-c2cccc(F)c2)c2c1nnc1c(-c3ccc(OC)cc3)c(C)nn12. The predicted octanol–water partition coefficient (Wildman–Crippen LogP) is 3.30. The molecule has 5 aromatic rings. The van der Waals surface area contributed by atoms with Gasteiger partial charge in [0, 0.05) is 0 Å². The van der Waals surface area contributed by atoms with E-state index in [2.05, 4.69) is 15.3 Å². The van der Waals surface area contributed by atoms with Gasteiger partial charge in [0.05, 0.1) is 37.6 Å². The summed E-state index contributed by atoms with van der Waals surface area (Å²) in [5.41, 5.74) is 4.58. The molecule has 3 aromatic heterocycles. The molecule has 2 aromatic carbocycles. The monoisotopic (exact) mass is 446 g/mol. The minimum absolute atomic E-state index is 0.110. The number of halogens is 1. The molecule has 0 aliphatic carbocycles. The third-order valence-corrected chi connectivity index (χ3v) is 5.36. The molecule has 0 saturated heterocycles. The second kappa shape index (κ2) is 7.97. The average Bonchev–Trinajstić information content (AvgIpc) is 3.36. The van der Waals surface area contributed by atoms with E-state index in [1.807, 2.05) is 31.2 Å². The van der Waals surface area contributed by atoms with Gasteiger partial charge in [-0.05, 0) is 42.8 Å². The topological polar surface area (TPSA) is 96.4 Å². The molecule has 5 rings (SSSR count). The third-order valence-electron chi connectivity index (χ3n) is 5.36. The van der Waals surface area contributed by atoms with Gasteiger partial charge in [0.15, 0.2) is 16.8 Å². The second-order valence-corrected chi connectivity index (χ2v) is 7.39. The van der Waals surface area contributed by atoms with Crippen molar-refractivity contribution in [2.75, 3.05) is 14.2 Å². The maximum Gasteiger partial charge on any atom is 0.311 e. The van der Waals surface area contributed by atoms with E-state index in [9.17, 15) is 9.18 Å². The van der Waals surface area contributed by atoms with E-state index in [0.717, 1.165) is 22.6 Å². The van der Waals surface area contributed by atoms with Gasteiger partial charge in [-0.1, -0.05) is 18.2 Å². The number of hydrogen-bond donors (Lipinski definition) is 0. The van der Waals surface area contributed by atoms with Gasteiger partial charge >= 0.3 is 5.97 Å². The summed E-state index contributed by atoms with van der Waals surface area (Å²) in [6.07, 6.45) is -0.110. The molecule has 0 fully saturated rings. The summed E-state index contributed by atoms with van der Waals surface area (Å²) in [6, 6.07) is 13.5. The van der Waals surface area contributed by atoms with Crippen LogP contribution in [-0.4, -0.2) is 49.8 Å². The quantitative estimate of drug-likeness (QED) is 0.382. The summed E-state index contributed by atoms with van der Waals surface area (Å²) >= 11 is 0. The Hall–Kier alpha value is -4.34. The van der Waals surface area contributed by atoms with Gasteiger partial charge in [-0.15, -0.1) is 10.2 Å². The molecule has 0 spiro atoms. The first-order valence-corrected chi connectivity index (χ1v) is 10.1. The van der Waals surface area contributed by atoms with Crippen molar-refractivity contribution in [2.24, 2.45) is 0 Å². The molecule has 0 unspecified atom stereocenters. The van der Waals surface area contributed by atoms with Crippen LogP contribution in [0.1, 0.15) is 11.4 Å². The molecule has 166 valence electrons. The highest BCUT2D eigenvalue weighted by Crippen LogP contribution is 2.31. The summed E-state index contributed by atoms with van der Waals surface area (Å²) in [5.74, 6) is -0.157. The van der Waals surface area contributed by atoms with E-state index in [1.165, 1.54) is 23.9 Å². The zero-order valence-electron chi connectivity index (χ0n) is 18.1. The number of carbonyl (C=O) groups is 1. The number of nitrogens with zero attached hydrogens (tertiary/aromatic N) is 6. The highest BCUT2D eigenvalue weighted by atomic mass is 19.1. The summed E-state index contributed by atoms with van der Waals surface area (Å²) in [5, 5.41) is 18.0. The fraction of sp³-hybridized carbons (Fsp3) is 0.174. The van der Waals surface area contributed by atoms with E-state index in [1.54, 1.807) is 23.8 Å². The summed E-state index contributed by atoms with van der Waals surface area (Å²) in [6.45, 7) is 1.87. The lowest BCUT2D eigenvalue weighted by atomic mass is 10.1. The first-order chi connectivity index (χ1) is 16.0. The Labute approximate surface area is 187 Å². The Morgan fingerprint density at radius 3 is 2.55 bits per heavy atom. The van der Waals surface area contributed by atoms with E-state index >= 15 is 0 Å². The Morgan fingerprint density at radius 1 is 1.06 bits per heavy atom. The lowest BCUT2D eigenvalue weighted by Crippen LogP contribution is -2.06. The minimum Gasteiger partial charge on any atom is -0.497 e. The standard InChI is InChI=1S/C23H19FN6O3/c1-13-20(14-7-9-17(32-2)10-8-14)22-26-25-21-18(12-19(31)33-3)28-29(23(21)30(22)27-13)16-6-4-5-15(24)11-16/h4-11H,12H2,1-3H3. The summed E-state index contributed by atoms with van der Waals surface area (Å²) in [7, 11) is 2.91. The minimum atomic E-state index is -0.474. The zero-order chi connectivity index (χ0) is 23.1. The molecule has 3 heterocycles. The average molecular weight is 446 g/mol. The summed E-state index contributed by atoms with van der Waals surface area (Å²) < 4.78 is 27.2. The van der Waals surface area contributed by atoms with Crippen LogP contribution in [0.4, 0.5) is 4.39 Å². The number of benzene rings is 2.